The summed E-state index contributed by atoms with van der Waals surface area (Å²) in [5.41, 5.74) is 1.41. The van der Waals surface area contributed by atoms with Gasteiger partial charge in [-0.1, -0.05) is 31.0 Å². The minimum atomic E-state index is 0.573. The van der Waals surface area contributed by atoms with Gasteiger partial charge in [-0.25, -0.2) is 0 Å². The molecule has 0 bridgehead atoms. The average molecular weight is 230 g/mol. The first-order valence-electron chi connectivity index (χ1n) is 4.72. The molecule has 0 aliphatic carbocycles. The van der Waals surface area contributed by atoms with E-state index in [4.69, 9.17) is 11.6 Å². The van der Waals surface area contributed by atoms with Crippen LogP contribution in [-0.2, 0) is 0 Å². The minimum absolute atomic E-state index is 0.573. The highest BCUT2D eigenvalue weighted by Gasteiger charge is 2.03. The van der Waals surface area contributed by atoms with E-state index in [1.165, 1.54) is 10.5 Å². The standard InChI is InChI=1S/C11H16ClNS/c1-8(2)9(6-13-3)4-11-5-10(12)7-14-11/h4-5,7-8,13H,6H2,1-3H3. The number of thiophene rings is 1. The molecular weight excluding hydrogens is 214 g/mol. The van der Waals surface area contributed by atoms with E-state index >= 15 is 0 Å². The van der Waals surface area contributed by atoms with Crippen LogP contribution in [0.15, 0.2) is 17.0 Å². The Hall–Kier alpha value is -0.310. The fraction of sp³-hybridized carbons (Fsp3) is 0.455. The van der Waals surface area contributed by atoms with Crippen LogP contribution in [0.2, 0.25) is 5.02 Å². The number of hydrogen-bond acceptors (Lipinski definition) is 2. The van der Waals surface area contributed by atoms with Crippen LogP contribution in [0.5, 0.6) is 0 Å². The molecule has 1 aromatic heterocycles. The van der Waals surface area contributed by atoms with Crippen LogP contribution in [0.1, 0.15) is 18.7 Å². The molecule has 1 N–H and O–H groups in total. The van der Waals surface area contributed by atoms with Crippen molar-refractivity contribution in [3.05, 3.63) is 26.9 Å². The summed E-state index contributed by atoms with van der Waals surface area (Å²) in [7, 11) is 1.97. The van der Waals surface area contributed by atoms with Crippen molar-refractivity contribution < 1.29 is 0 Å². The average Bonchev–Trinajstić information content (AvgIpc) is 2.50. The molecule has 3 heteroatoms. The molecule has 1 aromatic rings. The predicted molar refractivity (Wildman–Crippen MR) is 66.1 cm³/mol. The maximum absolute atomic E-state index is 5.87. The first-order chi connectivity index (χ1) is 6.63. The molecule has 0 aromatic carbocycles. The van der Waals surface area contributed by atoms with E-state index in [-0.39, 0.29) is 0 Å². The summed E-state index contributed by atoms with van der Waals surface area (Å²) >= 11 is 7.55. The van der Waals surface area contributed by atoms with E-state index in [9.17, 15) is 0 Å². The lowest BCUT2D eigenvalue weighted by molar-refractivity contribution is 0.713. The van der Waals surface area contributed by atoms with Gasteiger partial charge in [-0.2, -0.15) is 0 Å². The second-order valence-corrected chi connectivity index (χ2v) is 4.95. The van der Waals surface area contributed by atoms with E-state index in [2.05, 4.69) is 25.2 Å². The van der Waals surface area contributed by atoms with Crippen molar-refractivity contribution in [1.29, 1.82) is 0 Å². The Morgan fingerprint density at radius 2 is 2.36 bits per heavy atom. The smallest absolute Gasteiger partial charge is 0.0519 e. The molecule has 0 atom stereocenters. The summed E-state index contributed by atoms with van der Waals surface area (Å²) in [6.45, 7) is 5.35. The lowest BCUT2D eigenvalue weighted by atomic mass is 10.0. The van der Waals surface area contributed by atoms with Crippen LogP contribution in [0, 0.1) is 5.92 Å². The fourth-order valence-electron chi connectivity index (χ4n) is 1.21. The van der Waals surface area contributed by atoms with Crippen LogP contribution in [0.4, 0.5) is 0 Å². The van der Waals surface area contributed by atoms with Gasteiger partial charge in [-0.3, -0.25) is 0 Å². The van der Waals surface area contributed by atoms with Gasteiger partial charge in [0.15, 0.2) is 0 Å². The van der Waals surface area contributed by atoms with Gasteiger partial charge in [0.2, 0.25) is 0 Å². The fourth-order valence-corrected chi connectivity index (χ4v) is 2.26. The van der Waals surface area contributed by atoms with E-state index in [1.54, 1.807) is 11.3 Å². The Balaban J connectivity index is 2.81. The number of nitrogens with one attached hydrogen (secondary N) is 1. The molecule has 0 fully saturated rings. The molecular formula is C11H16ClNS. The summed E-state index contributed by atoms with van der Waals surface area (Å²) < 4.78 is 0. The molecule has 1 rings (SSSR count). The van der Waals surface area contributed by atoms with Crippen molar-refractivity contribution in [2.75, 3.05) is 13.6 Å². The summed E-state index contributed by atoms with van der Waals surface area (Å²) in [4.78, 5) is 1.23. The topological polar surface area (TPSA) is 12.0 Å². The molecule has 0 aliphatic heterocycles. The van der Waals surface area contributed by atoms with E-state index in [0.717, 1.165) is 11.6 Å². The van der Waals surface area contributed by atoms with Crippen LogP contribution in [0.3, 0.4) is 0 Å². The van der Waals surface area contributed by atoms with Gasteiger partial charge in [0.25, 0.3) is 0 Å². The lowest BCUT2D eigenvalue weighted by Gasteiger charge is -2.09. The zero-order valence-electron chi connectivity index (χ0n) is 8.80. The zero-order valence-corrected chi connectivity index (χ0v) is 10.4. The van der Waals surface area contributed by atoms with Gasteiger partial charge in [0, 0.05) is 16.8 Å². The Morgan fingerprint density at radius 1 is 1.64 bits per heavy atom. The van der Waals surface area contributed by atoms with Gasteiger partial charge < -0.3 is 5.32 Å². The van der Waals surface area contributed by atoms with Gasteiger partial charge in [-0.05, 0) is 25.1 Å². The number of halogens is 1. The summed E-state index contributed by atoms with van der Waals surface area (Å²) in [6.07, 6.45) is 2.22. The molecule has 1 nitrogen and oxygen atoms in total. The monoisotopic (exact) mass is 229 g/mol. The Bertz CT molecular complexity index is 315. The summed E-state index contributed by atoms with van der Waals surface area (Å²) in [5, 5.41) is 5.97. The molecule has 0 radical (unpaired) electrons. The third-order valence-corrected chi connectivity index (χ3v) is 3.27. The van der Waals surface area contributed by atoms with E-state index in [0.29, 0.717) is 5.92 Å². The van der Waals surface area contributed by atoms with Crippen molar-refractivity contribution in [2.24, 2.45) is 5.92 Å². The van der Waals surface area contributed by atoms with Crippen LogP contribution in [0.25, 0.3) is 6.08 Å². The van der Waals surface area contributed by atoms with Gasteiger partial charge in [0.1, 0.15) is 0 Å². The first-order valence-corrected chi connectivity index (χ1v) is 5.98. The second kappa shape index (κ2) is 5.54. The highest BCUT2D eigenvalue weighted by molar-refractivity contribution is 7.11. The molecule has 78 valence electrons. The summed E-state index contributed by atoms with van der Waals surface area (Å²) in [5.74, 6) is 0.573. The summed E-state index contributed by atoms with van der Waals surface area (Å²) in [6, 6.07) is 2.00. The Morgan fingerprint density at radius 3 is 2.79 bits per heavy atom. The molecule has 0 aliphatic rings. The van der Waals surface area contributed by atoms with Crippen molar-refractivity contribution in [2.45, 2.75) is 13.8 Å². The van der Waals surface area contributed by atoms with Gasteiger partial charge in [0.05, 0.1) is 5.02 Å². The SMILES string of the molecule is CNCC(=Cc1cc(Cl)cs1)C(C)C. The predicted octanol–water partition coefficient (Wildman–Crippen LogP) is 3.66. The highest BCUT2D eigenvalue weighted by Crippen LogP contribution is 2.23. The maximum Gasteiger partial charge on any atom is 0.0519 e. The number of likely N-dealkylation sites (N-methyl/N-ethyl adjacent to an activating group) is 1. The molecule has 0 saturated carbocycles. The molecule has 0 amide bonds. The molecule has 0 saturated heterocycles. The number of rotatable bonds is 4. The minimum Gasteiger partial charge on any atom is -0.316 e. The highest BCUT2D eigenvalue weighted by atomic mass is 35.5. The molecule has 1 heterocycles. The lowest BCUT2D eigenvalue weighted by Crippen LogP contribution is -2.13. The maximum atomic E-state index is 5.87. The quantitative estimate of drug-likeness (QED) is 0.831. The van der Waals surface area contributed by atoms with Crippen molar-refractivity contribution in [3.63, 3.8) is 0 Å². The van der Waals surface area contributed by atoms with Crippen molar-refractivity contribution in [1.82, 2.24) is 5.32 Å². The van der Waals surface area contributed by atoms with E-state index in [1.807, 2.05) is 18.5 Å². The van der Waals surface area contributed by atoms with Gasteiger partial charge in [-0.15, -0.1) is 11.3 Å². The molecule has 0 unspecified atom stereocenters. The number of hydrogen-bond donors (Lipinski definition) is 1. The molecule has 14 heavy (non-hydrogen) atoms. The largest absolute Gasteiger partial charge is 0.316 e. The normalized spacial score (nSPS) is 12.5. The van der Waals surface area contributed by atoms with Crippen LogP contribution in [-0.4, -0.2) is 13.6 Å². The van der Waals surface area contributed by atoms with Crippen molar-refractivity contribution in [3.8, 4) is 0 Å². The second-order valence-electron chi connectivity index (χ2n) is 3.57. The first kappa shape index (κ1) is 11.8. The van der Waals surface area contributed by atoms with Gasteiger partial charge >= 0.3 is 0 Å². The van der Waals surface area contributed by atoms with Crippen LogP contribution < -0.4 is 5.32 Å². The molecule has 0 spiro atoms. The third-order valence-electron chi connectivity index (χ3n) is 2.04. The zero-order chi connectivity index (χ0) is 10.6. The van der Waals surface area contributed by atoms with Crippen molar-refractivity contribution >= 4 is 29.0 Å². The third kappa shape index (κ3) is 3.45. The van der Waals surface area contributed by atoms with E-state index < -0.39 is 0 Å². The Kier molecular flexibility index (Phi) is 4.66. The van der Waals surface area contributed by atoms with Crippen LogP contribution >= 0.6 is 22.9 Å². The Labute approximate surface area is 94.8 Å².